The summed E-state index contributed by atoms with van der Waals surface area (Å²) in [5, 5.41) is 3.64. The molecule has 4 unspecified atom stereocenters. The topological polar surface area (TPSA) is 21.3 Å². The third-order valence-corrected chi connectivity index (χ3v) is 4.62. The number of rotatable bonds is 7. The maximum atomic E-state index is 6.33. The van der Waals surface area contributed by atoms with E-state index in [9.17, 15) is 0 Å². The van der Waals surface area contributed by atoms with Crippen molar-refractivity contribution in [1.29, 1.82) is 0 Å². The molecule has 1 N–H and O–H groups in total. The fourth-order valence-corrected chi connectivity index (χ4v) is 3.54. The fourth-order valence-electron chi connectivity index (χ4n) is 3.54. The Morgan fingerprint density at radius 3 is 2.62 bits per heavy atom. The molecule has 1 aliphatic carbocycles. The summed E-state index contributed by atoms with van der Waals surface area (Å²) in [5.41, 5.74) is 2.93. The molecule has 0 fully saturated rings. The number of hydrogen-bond donors (Lipinski definition) is 1. The summed E-state index contributed by atoms with van der Waals surface area (Å²) in [5.74, 6) is 1.24. The van der Waals surface area contributed by atoms with Crippen LogP contribution in [0.5, 0.6) is 0 Å². The van der Waals surface area contributed by atoms with Gasteiger partial charge in [0.05, 0.1) is 12.1 Å². The first-order valence-corrected chi connectivity index (χ1v) is 8.61. The van der Waals surface area contributed by atoms with Crippen LogP contribution >= 0.6 is 0 Å². The van der Waals surface area contributed by atoms with E-state index in [1.165, 1.54) is 24.0 Å². The normalized spacial score (nSPS) is 26.4. The maximum Gasteiger partial charge on any atom is 0.0775 e. The third-order valence-electron chi connectivity index (χ3n) is 4.62. The zero-order valence-electron chi connectivity index (χ0n) is 14.1. The second-order valence-electron chi connectivity index (χ2n) is 6.57. The van der Waals surface area contributed by atoms with Gasteiger partial charge in [-0.15, -0.1) is 0 Å². The zero-order valence-corrected chi connectivity index (χ0v) is 14.1. The maximum absolute atomic E-state index is 6.33. The molecule has 0 saturated heterocycles. The van der Waals surface area contributed by atoms with E-state index in [-0.39, 0.29) is 0 Å². The second kappa shape index (κ2) is 7.95. The Hall–Kier alpha value is -0.860. The lowest BCUT2D eigenvalue weighted by Crippen LogP contribution is -2.39. The number of fused-ring (bicyclic) bond motifs is 1. The number of benzene rings is 1. The van der Waals surface area contributed by atoms with E-state index >= 15 is 0 Å². The second-order valence-corrected chi connectivity index (χ2v) is 6.57. The van der Waals surface area contributed by atoms with Crippen molar-refractivity contribution in [3.63, 3.8) is 0 Å². The van der Waals surface area contributed by atoms with Crippen molar-refractivity contribution in [2.24, 2.45) is 5.92 Å². The standard InChI is InChI=1S/C19H31NO/c1-5-9-14(3)13-21-18-12-15(4)16-10-7-8-11-17(16)19(18)20-6-2/h7-8,10-11,14-15,18-20H,5-6,9,12-13H2,1-4H3. The molecule has 2 heteroatoms. The van der Waals surface area contributed by atoms with Gasteiger partial charge in [-0.25, -0.2) is 0 Å². The molecule has 0 amide bonds. The Balaban J connectivity index is 2.10. The largest absolute Gasteiger partial charge is 0.376 e. The summed E-state index contributed by atoms with van der Waals surface area (Å²) in [4.78, 5) is 0. The van der Waals surface area contributed by atoms with E-state index in [1.807, 2.05) is 0 Å². The number of hydrogen-bond acceptors (Lipinski definition) is 2. The minimum absolute atomic E-state index is 0.300. The van der Waals surface area contributed by atoms with E-state index in [1.54, 1.807) is 0 Å². The smallest absolute Gasteiger partial charge is 0.0775 e. The Kier molecular flexibility index (Phi) is 6.25. The van der Waals surface area contributed by atoms with Gasteiger partial charge in [0.15, 0.2) is 0 Å². The van der Waals surface area contributed by atoms with Crippen molar-refractivity contribution in [3.05, 3.63) is 35.4 Å². The Morgan fingerprint density at radius 2 is 1.95 bits per heavy atom. The van der Waals surface area contributed by atoms with Gasteiger partial charge in [-0.2, -0.15) is 0 Å². The quantitative estimate of drug-likeness (QED) is 0.788. The fraction of sp³-hybridized carbons (Fsp3) is 0.684. The van der Waals surface area contributed by atoms with Crippen LogP contribution in [0.2, 0.25) is 0 Å². The minimum atomic E-state index is 0.300. The van der Waals surface area contributed by atoms with Crippen LogP contribution in [0.4, 0.5) is 0 Å². The van der Waals surface area contributed by atoms with Crippen molar-refractivity contribution in [3.8, 4) is 0 Å². The van der Waals surface area contributed by atoms with Gasteiger partial charge in [-0.05, 0) is 42.3 Å². The molecule has 0 spiro atoms. The van der Waals surface area contributed by atoms with Crippen LogP contribution in [0.25, 0.3) is 0 Å². The summed E-state index contributed by atoms with van der Waals surface area (Å²) in [7, 11) is 0. The first kappa shape index (κ1) is 16.5. The summed E-state index contributed by atoms with van der Waals surface area (Å²) in [6.45, 7) is 10.9. The molecule has 21 heavy (non-hydrogen) atoms. The molecule has 1 aliphatic rings. The molecule has 2 nitrogen and oxygen atoms in total. The summed E-state index contributed by atoms with van der Waals surface area (Å²) < 4.78 is 6.33. The van der Waals surface area contributed by atoms with Crippen molar-refractivity contribution in [1.82, 2.24) is 5.32 Å². The number of nitrogens with one attached hydrogen (secondary N) is 1. The highest BCUT2D eigenvalue weighted by molar-refractivity contribution is 5.36. The molecule has 0 aliphatic heterocycles. The van der Waals surface area contributed by atoms with Gasteiger partial charge in [0.25, 0.3) is 0 Å². The van der Waals surface area contributed by atoms with Gasteiger partial charge in [0.1, 0.15) is 0 Å². The van der Waals surface area contributed by atoms with Crippen molar-refractivity contribution in [2.45, 2.75) is 65.0 Å². The molecule has 0 heterocycles. The average Bonchev–Trinajstić information content (AvgIpc) is 2.49. The molecule has 0 radical (unpaired) electrons. The highest BCUT2D eigenvalue weighted by Crippen LogP contribution is 2.38. The molecule has 0 aromatic heterocycles. The molecule has 0 bridgehead atoms. The Morgan fingerprint density at radius 1 is 1.24 bits per heavy atom. The van der Waals surface area contributed by atoms with Crippen LogP contribution in [0.15, 0.2) is 24.3 Å². The highest BCUT2D eigenvalue weighted by atomic mass is 16.5. The van der Waals surface area contributed by atoms with Crippen LogP contribution < -0.4 is 5.32 Å². The molecular weight excluding hydrogens is 258 g/mol. The van der Waals surface area contributed by atoms with Gasteiger partial charge in [0, 0.05) is 6.61 Å². The lowest BCUT2D eigenvalue weighted by molar-refractivity contribution is -0.00602. The van der Waals surface area contributed by atoms with Gasteiger partial charge < -0.3 is 10.1 Å². The van der Waals surface area contributed by atoms with E-state index in [0.29, 0.717) is 24.0 Å². The number of likely N-dealkylation sites (N-methyl/N-ethyl adjacent to an activating group) is 1. The molecule has 2 rings (SSSR count). The van der Waals surface area contributed by atoms with E-state index in [2.05, 4.69) is 57.3 Å². The third kappa shape index (κ3) is 4.08. The van der Waals surface area contributed by atoms with Crippen LogP contribution in [0.3, 0.4) is 0 Å². The van der Waals surface area contributed by atoms with E-state index < -0.39 is 0 Å². The molecule has 4 atom stereocenters. The minimum Gasteiger partial charge on any atom is -0.376 e. The summed E-state index contributed by atoms with van der Waals surface area (Å²) >= 11 is 0. The van der Waals surface area contributed by atoms with E-state index in [4.69, 9.17) is 4.74 Å². The van der Waals surface area contributed by atoms with Crippen molar-refractivity contribution < 1.29 is 4.74 Å². The van der Waals surface area contributed by atoms with Crippen LogP contribution in [-0.4, -0.2) is 19.3 Å². The van der Waals surface area contributed by atoms with Crippen molar-refractivity contribution >= 4 is 0 Å². The molecular formula is C19H31NO. The predicted molar refractivity (Wildman–Crippen MR) is 89.7 cm³/mol. The average molecular weight is 289 g/mol. The van der Waals surface area contributed by atoms with Gasteiger partial charge >= 0.3 is 0 Å². The molecule has 1 aromatic rings. The van der Waals surface area contributed by atoms with Crippen LogP contribution in [0, 0.1) is 5.92 Å². The Labute approximate surface area is 130 Å². The highest BCUT2D eigenvalue weighted by Gasteiger charge is 2.33. The molecule has 1 aromatic carbocycles. The monoisotopic (exact) mass is 289 g/mol. The number of ether oxygens (including phenoxy) is 1. The van der Waals surface area contributed by atoms with Gasteiger partial charge in [0.2, 0.25) is 0 Å². The lowest BCUT2D eigenvalue weighted by Gasteiger charge is -2.37. The van der Waals surface area contributed by atoms with Gasteiger partial charge in [-0.1, -0.05) is 58.4 Å². The van der Waals surface area contributed by atoms with Crippen LogP contribution in [-0.2, 0) is 4.74 Å². The predicted octanol–water partition coefficient (Wildman–Crippen LogP) is 4.67. The SMILES string of the molecule is CCCC(C)COC1CC(C)c2ccccc2C1NCC. The van der Waals surface area contributed by atoms with Crippen LogP contribution in [0.1, 0.15) is 70.0 Å². The van der Waals surface area contributed by atoms with Crippen molar-refractivity contribution in [2.75, 3.05) is 13.2 Å². The first-order chi connectivity index (χ1) is 10.2. The lowest BCUT2D eigenvalue weighted by atomic mass is 9.79. The first-order valence-electron chi connectivity index (χ1n) is 8.61. The Bertz CT molecular complexity index is 431. The summed E-state index contributed by atoms with van der Waals surface area (Å²) in [6.07, 6.45) is 3.91. The molecule has 118 valence electrons. The van der Waals surface area contributed by atoms with E-state index in [0.717, 1.165) is 19.6 Å². The summed E-state index contributed by atoms with van der Waals surface area (Å²) in [6, 6.07) is 9.20. The van der Waals surface area contributed by atoms with Gasteiger partial charge in [-0.3, -0.25) is 0 Å². The zero-order chi connectivity index (χ0) is 15.2. The molecule has 0 saturated carbocycles.